The summed E-state index contributed by atoms with van der Waals surface area (Å²) in [7, 11) is 0. The predicted octanol–water partition coefficient (Wildman–Crippen LogP) is 20.0. The molecule has 71 heavy (non-hydrogen) atoms. The molecule has 0 saturated heterocycles. The van der Waals surface area contributed by atoms with E-state index in [-0.39, 0.29) is 18.5 Å². The van der Waals surface area contributed by atoms with Crippen LogP contribution in [0.2, 0.25) is 0 Å². The number of ether oxygens (including phenoxy) is 1. The molecule has 0 aliphatic carbocycles. The van der Waals surface area contributed by atoms with Gasteiger partial charge in [-0.1, -0.05) is 281 Å². The van der Waals surface area contributed by atoms with Crippen LogP contribution in [0.15, 0.2) is 36.5 Å². The largest absolute Gasteiger partial charge is 0.466 e. The van der Waals surface area contributed by atoms with Gasteiger partial charge in [-0.2, -0.15) is 0 Å². The molecule has 0 saturated carbocycles. The molecule has 0 radical (unpaired) electrons. The Bertz CT molecular complexity index is 1150. The van der Waals surface area contributed by atoms with Crippen LogP contribution in [0.1, 0.15) is 341 Å². The van der Waals surface area contributed by atoms with Crippen LogP contribution in [0.5, 0.6) is 0 Å². The minimum atomic E-state index is -0.666. The molecule has 6 heteroatoms. The minimum absolute atomic E-state index is 0.0000471. The molecule has 0 fully saturated rings. The Morgan fingerprint density at radius 3 is 1.10 bits per heavy atom. The van der Waals surface area contributed by atoms with Crippen molar-refractivity contribution in [1.82, 2.24) is 5.32 Å². The second kappa shape index (κ2) is 60.6. The van der Waals surface area contributed by atoms with E-state index in [1.165, 1.54) is 257 Å². The van der Waals surface area contributed by atoms with Crippen LogP contribution in [0.3, 0.4) is 0 Å². The summed E-state index contributed by atoms with van der Waals surface area (Å²) in [5.74, 6) is -0.0374. The fourth-order valence-corrected chi connectivity index (χ4v) is 9.78. The minimum Gasteiger partial charge on any atom is -0.466 e. The summed E-state index contributed by atoms with van der Waals surface area (Å²) in [6, 6.07) is -0.543. The van der Waals surface area contributed by atoms with Crippen molar-refractivity contribution in [3.8, 4) is 0 Å². The highest BCUT2D eigenvalue weighted by atomic mass is 16.5. The molecule has 0 rings (SSSR count). The number of hydrogen-bond donors (Lipinski definition) is 3. The van der Waals surface area contributed by atoms with Crippen LogP contribution in [0.4, 0.5) is 0 Å². The second-order valence-electron chi connectivity index (χ2n) is 21.7. The standard InChI is InChI=1S/C65H123NO5/c1-3-5-7-9-11-13-15-17-18-31-35-39-43-47-51-55-59-65(70)71-60-56-52-48-44-40-36-32-29-27-25-23-21-19-20-22-24-26-28-30-34-38-42-46-50-54-58-64(69)66-62(61-67)63(68)57-53-49-45-41-37-33-16-14-12-10-8-6-4-2/h13,15,18,20,22,31,62-63,67-68H,3-12,14,16-17,19,21,23-30,32-61H2,1-2H3,(H,66,69)/b15-13-,22-20-,31-18-. The van der Waals surface area contributed by atoms with Crippen LogP contribution < -0.4 is 5.32 Å². The first-order valence-electron chi connectivity index (χ1n) is 31.7. The number of carbonyl (C=O) groups excluding carboxylic acids is 2. The van der Waals surface area contributed by atoms with Crippen molar-refractivity contribution in [1.29, 1.82) is 0 Å². The van der Waals surface area contributed by atoms with Crippen LogP contribution in [0, 0.1) is 0 Å². The fourth-order valence-electron chi connectivity index (χ4n) is 9.78. The number of hydrogen-bond acceptors (Lipinski definition) is 5. The molecule has 0 spiro atoms. The topological polar surface area (TPSA) is 95.9 Å². The molecule has 0 heterocycles. The molecule has 0 bridgehead atoms. The zero-order valence-corrected chi connectivity index (χ0v) is 47.7. The van der Waals surface area contributed by atoms with Crippen molar-refractivity contribution < 1.29 is 24.5 Å². The smallest absolute Gasteiger partial charge is 0.305 e. The third kappa shape index (κ3) is 57.2. The van der Waals surface area contributed by atoms with Gasteiger partial charge in [0.25, 0.3) is 0 Å². The Morgan fingerprint density at radius 1 is 0.394 bits per heavy atom. The average molecular weight is 999 g/mol. The van der Waals surface area contributed by atoms with Crippen molar-refractivity contribution in [2.24, 2.45) is 0 Å². The third-order valence-electron chi connectivity index (χ3n) is 14.7. The van der Waals surface area contributed by atoms with Crippen molar-refractivity contribution in [3.05, 3.63) is 36.5 Å². The number of rotatable bonds is 59. The summed E-state index contributed by atoms with van der Waals surface area (Å²) >= 11 is 0. The Balaban J connectivity index is 3.39. The van der Waals surface area contributed by atoms with Gasteiger partial charge in [0.2, 0.25) is 5.91 Å². The van der Waals surface area contributed by atoms with E-state index >= 15 is 0 Å². The summed E-state index contributed by atoms with van der Waals surface area (Å²) in [4.78, 5) is 24.5. The molecule has 0 aliphatic rings. The van der Waals surface area contributed by atoms with Crippen LogP contribution >= 0.6 is 0 Å². The quantitative estimate of drug-likeness (QED) is 0.0321. The Hall–Kier alpha value is -1.92. The summed E-state index contributed by atoms with van der Waals surface area (Å²) in [6.45, 7) is 4.94. The predicted molar refractivity (Wildman–Crippen MR) is 310 cm³/mol. The van der Waals surface area contributed by atoms with Gasteiger partial charge in [0, 0.05) is 12.8 Å². The van der Waals surface area contributed by atoms with Gasteiger partial charge >= 0.3 is 5.97 Å². The maximum Gasteiger partial charge on any atom is 0.305 e. The maximum absolute atomic E-state index is 12.5. The summed E-state index contributed by atoms with van der Waals surface area (Å²) in [6.07, 6.45) is 75.9. The number of aliphatic hydroxyl groups excluding tert-OH is 2. The number of amides is 1. The monoisotopic (exact) mass is 998 g/mol. The van der Waals surface area contributed by atoms with Crippen molar-refractivity contribution >= 4 is 11.9 Å². The fraction of sp³-hybridized carbons (Fsp3) is 0.877. The summed E-state index contributed by atoms with van der Waals surface area (Å²) in [5.41, 5.74) is 0. The molecule has 0 aromatic carbocycles. The first kappa shape index (κ1) is 69.1. The molecule has 2 unspecified atom stereocenters. The molecule has 3 N–H and O–H groups in total. The lowest BCUT2D eigenvalue weighted by atomic mass is 10.0. The highest BCUT2D eigenvalue weighted by Gasteiger charge is 2.20. The van der Waals surface area contributed by atoms with Gasteiger partial charge in [-0.25, -0.2) is 0 Å². The van der Waals surface area contributed by atoms with Crippen LogP contribution in [-0.4, -0.2) is 47.4 Å². The van der Waals surface area contributed by atoms with E-state index in [4.69, 9.17) is 4.74 Å². The van der Waals surface area contributed by atoms with E-state index in [2.05, 4.69) is 55.6 Å². The first-order chi connectivity index (χ1) is 35.0. The van der Waals surface area contributed by atoms with E-state index in [1.54, 1.807) is 0 Å². The number of unbranched alkanes of at least 4 members (excludes halogenated alkanes) is 42. The Morgan fingerprint density at radius 2 is 0.704 bits per heavy atom. The molecular formula is C65H123NO5. The average Bonchev–Trinajstić information content (AvgIpc) is 3.37. The maximum atomic E-state index is 12.5. The lowest BCUT2D eigenvalue weighted by Gasteiger charge is -2.22. The van der Waals surface area contributed by atoms with Gasteiger partial charge in [-0.05, 0) is 83.5 Å². The normalized spacial score (nSPS) is 12.8. The third-order valence-corrected chi connectivity index (χ3v) is 14.7. The second-order valence-corrected chi connectivity index (χ2v) is 21.7. The Labute approximate surface area is 443 Å². The summed E-state index contributed by atoms with van der Waals surface area (Å²) < 4.78 is 5.48. The molecule has 0 aliphatic heterocycles. The molecule has 418 valence electrons. The SMILES string of the molecule is CCCCCC/C=C\C/C=C\CCCCCCCC(=O)OCCCCCCCCCCCCCC/C=C\CCCCCCCCCCCC(=O)NC(CO)C(O)CCCCCCCCCCCCCCC. The van der Waals surface area contributed by atoms with E-state index in [0.29, 0.717) is 25.9 Å². The van der Waals surface area contributed by atoms with Gasteiger partial charge in [0.1, 0.15) is 0 Å². The Kier molecular flexibility index (Phi) is 59.0. The van der Waals surface area contributed by atoms with Gasteiger partial charge < -0.3 is 20.3 Å². The van der Waals surface area contributed by atoms with E-state index < -0.39 is 12.1 Å². The summed E-state index contributed by atoms with van der Waals surface area (Å²) in [5, 5.41) is 23.3. The van der Waals surface area contributed by atoms with Gasteiger partial charge in [0.15, 0.2) is 0 Å². The molecule has 2 atom stereocenters. The van der Waals surface area contributed by atoms with E-state index in [1.807, 2.05) is 0 Å². The first-order valence-corrected chi connectivity index (χ1v) is 31.7. The van der Waals surface area contributed by atoms with Crippen LogP contribution in [-0.2, 0) is 14.3 Å². The molecular weight excluding hydrogens is 875 g/mol. The van der Waals surface area contributed by atoms with Crippen molar-refractivity contribution in [2.75, 3.05) is 13.2 Å². The number of esters is 1. The van der Waals surface area contributed by atoms with Crippen molar-refractivity contribution in [2.45, 2.75) is 353 Å². The lowest BCUT2D eigenvalue weighted by molar-refractivity contribution is -0.143. The molecule has 6 nitrogen and oxygen atoms in total. The van der Waals surface area contributed by atoms with Gasteiger partial charge in [-0.3, -0.25) is 9.59 Å². The number of allylic oxidation sites excluding steroid dienone is 6. The van der Waals surface area contributed by atoms with E-state index in [9.17, 15) is 19.8 Å². The zero-order chi connectivity index (χ0) is 51.4. The highest BCUT2D eigenvalue weighted by molar-refractivity contribution is 5.76. The van der Waals surface area contributed by atoms with Gasteiger partial charge in [0.05, 0.1) is 25.4 Å². The molecule has 0 aromatic rings. The lowest BCUT2D eigenvalue weighted by Crippen LogP contribution is -2.45. The number of aliphatic hydroxyl groups is 2. The number of carbonyl (C=O) groups is 2. The molecule has 0 aromatic heterocycles. The zero-order valence-electron chi connectivity index (χ0n) is 47.7. The van der Waals surface area contributed by atoms with Crippen molar-refractivity contribution in [3.63, 3.8) is 0 Å². The van der Waals surface area contributed by atoms with Crippen LogP contribution in [0.25, 0.3) is 0 Å². The van der Waals surface area contributed by atoms with Gasteiger partial charge in [-0.15, -0.1) is 0 Å². The highest BCUT2D eigenvalue weighted by Crippen LogP contribution is 2.17. The number of nitrogens with one attached hydrogen (secondary N) is 1. The molecule has 1 amide bonds. The van der Waals surface area contributed by atoms with E-state index in [0.717, 1.165) is 51.4 Å².